The summed E-state index contributed by atoms with van der Waals surface area (Å²) in [6, 6.07) is 0. The molecule has 0 radical (unpaired) electrons. The second kappa shape index (κ2) is 5.31. The van der Waals surface area contributed by atoms with Gasteiger partial charge in [-0.2, -0.15) is 0 Å². The van der Waals surface area contributed by atoms with Crippen molar-refractivity contribution in [2.45, 2.75) is 13.8 Å². The number of nitrogens with one attached hydrogen (secondary N) is 2. The van der Waals surface area contributed by atoms with Gasteiger partial charge in [0, 0.05) is 25.4 Å². The molecule has 0 amide bonds. The fourth-order valence-corrected chi connectivity index (χ4v) is 1.87. The fourth-order valence-electron chi connectivity index (χ4n) is 1.40. The van der Waals surface area contributed by atoms with Crippen LogP contribution in [0.25, 0.3) is 0 Å². The second-order valence-electron chi connectivity index (χ2n) is 3.90. The smallest absolute Gasteiger partial charge is 0.149 e. The third-order valence-corrected chi connectivity index (χ3v) is 3.21. The average Bonchev–Trinajstić information content (AvgIpc) is 2.20. The number of aryl methyl sites for hydroxylation is 1. The van der Waals surface area contributed by atoms with Crippen molar-refractivity contribution in [2.24, 2.45) is 0 Å². The molecule has 0 aliphatic heterocycles. The first-order valence-corrected chi connectivity index (χ1v) is 7.34. The Morgan fingerprint density at radius 2 is 1.76 bits per heavy atom. The molecule has 96 valence electrons. The summed E-state index contributed by atoms with van der Waals surface area (Å²) >= 11 is 0. The number of anilines is 2. The minimum atomic E-state index is -2.95. The fraction of sp³-hybridized carbons (Fsp3) is 0.600. The van der Waals surface area contributed by atoms with Crippen molar-refractivity contribution in [3.8, 4) is 0 Å². The van der Waals surface area contributed by atoms with Crippen molar-refractivity contribution in [1.82, 2.24) is 9.97 Å². The molecule has 1 rings (SSSR count). The third kappa shape index (κ3) is 4.18. The minimum Gasteiger partial charge on any atom is -0.373 e. The first kappa shape index (κ1) is 13.7. The summed E-state index contributed by atoms with van der Waals surface area (Å²) in [6.07, 6.45) is 1.21. The van der Waals surface area contributed by atoms with Crippen molar-refractivity contribution >= 4 is 21.5 Å². The van der Waals surface area contributed by atoms with Gasteiger partial charge in [0.2, 0.25) is 0 Å². The lowest BCUT2D eigenvalue weighted by Crippen LogP contribution is -2.16. The highest BCUT2D eigenvalue weighted by Crippen LogP contribution is 2.18. The van der Waals surface area contributed by atoms with E-state index in [1.807, 2.05) is 6.92 Å². The van der Waals surface area contributed by atoms with Crippen LogP contribution in [0.15, 0.2) is 0 Å². The number of sulfone groups is 1. The zero-order chi connectivity index (χ0) is 13.1. The summed E-state index contributed by atoms with van der Waals surface area (Å²) < 4.78 is 22.0. The van der Waals surface area contributed by atoms with Crippen LogP contribution in [0.4, 0.5) is 11.6 Å². The Morgan fingerprint density at radius 1 is 1.18 bits per heavy atom. The molecule has 0 atom stereocenters. The molecule has 0 aliphatic rings. The Labute approximate surface area is 102 Å². The van der Waals surface area contributed by atoms with E-state index in [9.17, 15) is 8.42 Å². The van der Waals surface area contributed by atoms with Gasteiger partial charge in [-0.05, 0) is 13.8 Å². The normalized spacial score (nSPS) is 11.3. The first-order valence-electron chi connectivity index (χ1n) is 5.28. The van der Waals surface area contributed by atoms with E-state index in [-0.39, 0.29) is 5.75 Å². The topological polar surface area (TPSA) is 84.0 Å². The molecule has 7 heteroatoms. The molecule has 0 aromatic carbocycles. The molecule has 17 heavy (non-hydrogen) atoms. The van der Waals surface area contributed by atoms with Gasteiger partial charge < -0.3 is 10.6 Å². The van der Waals surface area contributed by atoms with Crippen molar-refractivity contribution in [2.75, 3.05) is 36.2 Å². The highest BCUT2D eigenvalue weighted by atomic mass is 32.2. The van der Waals surface area contributed by atoms with Crippen LogP contribution >= 0.6 is 0 Å². The molecular formula is C10H18N4O2S. The van der Waals surface area contributed by atoms with Crippen LogP contribution in [-0.2, 0) is 9.84 Å². The quantitative estimate of drug-likeness (QED) is 0.804. The second-order valence-corrected chi connectivity index (χ2v) is 6.16. The maximum absolute atomic E-state index is 11.0. The molecule has 6 nitrogen and oxygen atoms in total. The Bertz CT molecular complexity index is 499. The number of aromatic nitrogens is 2. The van der Waals surface area contributed by atoms with Gasteiger partial charge in [0.15, 0.2) is 0 Å². The van der Waals surface area contributed by atoms with Crippen LogP contribution in [0.5, 0.6) is 0 Å². The zero-order valence-corrected chi connectivity index (χ0v) is 11.3. The molecule has 0 fully saturated rings. The molecule has 0 aliphatic carbocycles. The molecule has 0 saturated heterocycles. The van der Waals surface area contributed by atoms with Gasteiger partial charge in [-0.25, -0.2) is 18.4 Å². The van der Waals surface area contributed by atoms with Crippen LogP contribution in [0.3, 0.4) is 0 Å². The van der Waals surface area contributed by atoms with Gasteiger partial charge in [0.1, 0.15) is 27.3 Å². The Morgan fingerprint density at radius 3 is 2.29 bits per heavy atom. The van der Waals surface area contributed by atoms with E-state index in [0.29, 0.717) is 18.2 Å². The Balaban J connectivity index is 2.81. The molecular weight excluding hydrogens is 240 g/mol. The highest BCUT2D eigenvalue weighted by Gasteiger charge is 2.08. The van der Waals surface area contributed by atoms with Crippen LogP contribution in [0, 0.1) is 13.8 Å². The van der Waals surface area contributed by atoms with E-state index in [2.05, 4.69) is 20.6 Å². The molecule has 0 bridgehead atoms. The largest absolute Gasteiger partial charge is 0.373 e. The maximum atomic E-state index is 11.0. The third-order valence-electron chi connectivity index (χ3n) is 2.26. The zero-order valence-electron chi connectivity index (χ0n) is 10.5. The summed E-state index contributed by atoms with van der Waals surface area (Å²) in [6.45, 7) is 4.02. The molecule has 1 aromatic rings. The standard InChI is InChI=1S/C10H18N4O2S/c1-7-9(11-3)13-8(2)14-10(7)12-5-6-17(4,15)16/h5-6H2,1-4H3,(H2,11,12,13,14). The Kier molecular flexibility index (Phi) is 4.28. The van der Waals surface area contributed by atoms with Gasteiger partial charge in [0.25, 0.3) is 0 Å². The van der Waals surface area contributed by atoms with Crippen molar-refractivity contribution < 1.29 is 8.42 Å². The van der Waals surface area contributed by atoms with Crippen LogP contribution in [0.2, 0.25) is 0 Å². The number of hydrogen-bond donors (Lipinski definition) is 2. The highest BCUT2D eigenvalue weighted by molar-refractivity contribution is 7.90. The lowest BCUT2D eigenvalue weighted by Gasteiger charge is -2.12. The van der Waals surface area contributed by atoms with Gasteiger partial charge in [-0.15, -0.1) is 0 Å². The van der Waals surface area contributed by atoms with E-state index in [1.54, 1.807) is 14.0 Å². The van der Waals surface area contributed by atoms with Crippen LogP contribution < -0.4 is 10.6 Å². The summed E-state index contributed by atoms with van der Waals surface area (Å²) in [5.41, 5.74) is 0.881. The van der Waals surface area contributed by atoms with Crippen LogP contribution in [-0.4, -0.2) is 44.0 Å². The van der Waals surface area contributed by atoms with E-state index in [0.717, 1.165) is 11.4 Å². The molecule has 2 N–H and O–H groups in total. The molecule has 1 aromatic heterocycles. The minimum absolute atomic E-state index is 0.0877. The van der Waals surface area contributed by atoms with Crippen molar-refractivity contribution in [1.29, 1.82) is 0 Å². The maximum Gasteiger partial charge on any atom is 0.149 e. The van der Waals surface area contributed by atoms with Gasteiger partial charge >= 0.3 is 0 Å². The van der Waals surface area contributed by atoms with E-state index in [4.69, 9.17) is 0 Å². The van der Waals surface area contributed by atoms with Crippen molar-refractivity contribution in [3.05, 3.63) is 11.4 Å². The van der Waals surface area contributed by atoms with Gasteiger partial charge in [-0.1, -0.05) is 0 Å². The molecule has 0 unspecified atom stereocenters. The van der Waals surface area contributed by atoms with E-state index >= 15 is 0 Å². The average molecular weight is 258 g/mol. The molecule has 1 heterocycles. The first-order chi connectivity index (χ1) is 7.83. The number of hydrogen-bond acceptors (Lipinski definition) is 6. The SMILES string of the molecule is CNc1nc(C)nc(NCCS(C)(=O)=O)c1C. The predicted molar refractivity (Wildman–Crippen MR) is 69.3 cm³/mol. The van der Waals surface area contributed by atoms with Crippen molar-refractivity contribution in [3.63, 3.8) is 0 Å². The summed E-state index contributed by atoms with van der Waals surface area (Å²) in [5.74, 6) is 2.15. The summed E-state index contributed by atoms with van der Waals surface area (Å²) in [4.78, 5) is 8.47. The number of nitrogens with zero attached hydrogens (tertiary/aromatic N) is 2. The van der Waals surface area contributed by atoms with Gasteiger partial charge in [-0.3, -0.25) is 0 Å². The van der Waals surface area contributed by atoms with E-state index in [1.165, 1.54) is 6.26 Å². The lowest BCUT2D eigenvalue weighted by atomic mass is 10.3. The van der Waals surface area contributed by atoms with E-state index < -0.39 is 9.84 Å². The predicted octanol–water partition coefficient (Wildman–Crippen LogP) is 0.592. The Hall–Kier alpha value is -1.37. The summed E-state index contributed by atoms with van der Waals surface area (Å²) in [5, 5.41) is 5.99. The molecule has 0 spiro atoms. The lowest BCUT2D eigenvalue weighted by molar-refractivity contribution is 0.602. The van der Waals surface area contributed by atoms with Crippen LogP contribution in [0.1, 0.15) is 11.4 Å². The summed E-state index contributed by atoms with van der Waals surface area (Å²) in [7, 11) is -1.17. The molecule has 0 saturated carbocycles. The number of rotatable bonds is 5. The monoisotopic (exact) mass is 258 g/mol. The van der Waals surface area contributed by atoms with Gasteiger partial charge in [0.05, 0.1) is 5.75 Å².